The molecule has 2 amide bonds. The summed E-state index contributed by atoms with van der Waals surface area (Å²) in [7, 11) is -3.92. The van der Waals surface area contributed by atoms with E-state index in [1.807, 2.05) is 0 Å². The van der Waals surface area contributed by atoms with Crippen molar-refractivity contribution >= 4 is 54.9 Å². The molecule has 2 fully saturated rings. The molecule has 1 aromatic heterocycles. The van der Waals surface area contributed by atoms with E-state index in [2.05, 4.69) is 4.72 Å². The average Bonchev–Trinajstić information content (AvgIpc) is 3.35. The number of carbonyl (C=O) groups is 2. The monoisotopic (exact) mass is 501 g/mol. The number of carbonyl (C=O) groups excluding carboxylic acids is 2. The third kappa shape index (κ3) is 4.78. The molecule has 2 aromatic rings. The third-order valence-electron chi connectivity index (χ3n) is 6.17. The highest BCUT2D eigenvalue weighted by molar-refractivity contribution is 7.91. The Labute approximate surface area is 195 Å². The number of fused-ring (bicyclic) bond motifs is 1. The molecule has 0 aliphatic carbocycles. The first-order valence-electron chi connectivity index (χ1n) is 10.6. The van der Waals surface area contributed by atoms with Gasteiger partial charge in [-0.3, -0.25) is 9.59 Å². The number of alkyl halides is 1. The highest BCUT2D eigenvalue weighted by Crippen LogP contribution is 2.32. The zero-order chi connectivity index (χ0) is 23.1. The smallest absolute Gasteiger partial charge is 0.250 e. The molecular formula is C21H25ClFN3O4S2. The molecule has 0 spiro atoms. The van der Waals surface area contributed by atoms with Crippen LogP contribution in [0.4, 0.5) is 4.39 Å². The average molecular weight is 502 g/mol. The summed E-state index contributed by atoms with van der Waals surface area (Å²) < 4.78 is 43.7. The van der Waals surface area contributed by atoms with E-state index >= 15 is 0 Å². The van der Waals surface area contributed by atoms with Crippen LogP contribution in [-0.2, 0) is 19.6 Å². The summed E-state index contributed by atoms with van der Waals surface area (Å²) >= 11 is 7.09. The van der Waals surface area contributed by atoms with Crippen LogP contribution in [0.5, 0.6) is 0 Å². The summed E-state index contributed by atoms with van der Waals surface area (Å²) in [5, 5.41) is 1.23. The number of hydrogen-bond acceptors (Lipinski definition) is 5. The van der Waals surface area contributed by atoms with Gasteiger partial charge in [0.1, 0.15) is 15.9 Å². The molecule has 1 unspecified atom stereocenters. The van der Waals surface area contributed by atoms with E-state index in [0.29, 0.717) is 49.2 Å². The van der Waals surface area contributed by atoms with Crippen molar-refractivity contribution in [3.8, 4) is 0 Å². The van der Waals surface area contributed by atoms with Gasteiger partial charge in [0.05, 0.1) is 13.1 Å². The second-order valence-corrected chi connectivity index (χ2v) is 11.9. The Hall–Kier alpha value is -1.75. The molecule has 2 aliphatic heterocycles. The maximum atomic E-state index is 14.5. The van der Waals surface area contributed by atoms with Gasteiger partial charge in [-0.15, -0.1) is 11.3 Å². The van der Waals surface area contributed by atoms with E-state index in [4.69, 9.17) is 11.6 Å². The Kier molecular flexibility index (Phi) is 6.50. The van der Waals surface area contributed by atoms with E-state index in [1.54, 1.807) is 25.1 Å². The van der Waals surface area contributed by atoms with Gasteiger partial charge in [-0.05, 0) is 48.9 Å². The van der Waals surface area contributed by atoms with Crippen molar-refractivity contribution < 1.29 is 22.4 Å². The van der Waals surface area contributed by atoms with Gasteiger partial charge >= 0.3 is 0 Å². The lowest BCUT2D eigenvalue weighted by molar-refractivity contribution is -0.142. The number of thiophene rings is 1. The van der Waals surface area contributed by atoms with Crippen molar-refractivity contribution in [1.29, 1.82) is 0 Å². The van der Waals surface area contributed by atoms with Crippen LogP contribution in [0.25, 0.3) is 10.1 Å². The molecular weight excluding hydrogens is 477 g/mol. The summed E-state index contributed by atoms with van der Waals surface area (Å²) in [5.41, 5.74) is -1.37. The van der Waals surface area contributed by atoms with Crippen LogP contribution in [-0.4, -0.2) is 67.9 Å². The number of rotatable bonds is 6. The summed E-state index contributed by atoms with van der Waals surface area (Å²) in [6, 6.07) is 5.73. The maximum absolute atomic E-state index is 14.5. The van der Waals surface area contributed by atoms with Gasteiger partial charge in [0.2, 0.25) is 11.8 Å². The normalized spacial score (nSPS) is 24.5. The number of halogens is 2. The first-order valence-corrected chi connectivity index (χ1v) is 13.2. The van der Waals surface area contributed by atoms with Crippen LogP contribution < -0.4 is 4.72 Å². The van der Waals surface area contributed by atoms with Crippen molar-refractivity contribution in [3.05, 3.63) is 29.3 Å². The quantitative estimate of drug-likeness (QED) is 0.658. The molecule has 0 radical (unpaired) electrons. The predicted molar refractivity (Wildman–Crippen MR) is 122 cm³/mol. The molecule has 2 saturated heterocycles. The second kappa shape index (κ2) is 8.89. The number of sulfonamides is 1. The summed E-state index contributed by atoms with van der Waals surface area (Å²) in [6.07, 6.45) is 1.56. The first-order chi connectivity index (χ1) is 15.1. The van der Waals surface area contributed by atoms with E-state index < -0.39 is 27.6 Å². The fourth-order valence-electron chi connectivity index (χ4n) is 4.17. The summed E-state index contributed by atoms with van der Waals surface area (Å²) in [6.45, 7) is 2.32. The van der Waals surface area contributed by atoms with E-state index in [0.717, 1.165) is 16.0 Å². The van der Waals surface area contributed by atoms with Crippen LogP contribution in [0.3, 0.4) is 0 Å². The topological polar surface area (TPSA) is 86.8 Å². The lowest BCUT2D eigenvalue weighted by Crippen LogP contribution is -2.54. The van der Waals surface area contributed by atoms with Gasteiger partial charge < -0.3 is 9.80 Å². The number of piperidine rings is 1. The number of nitrogens with one attached hydrogen (secondary N) is 1. The van der Waals surface area contributed by atoms with Gasteiger partial charge in [-0.25, -0.2) is 12.8 Å². The minimum Gasteiger partial charge on any atom is -0.338 e. The lowest BCUT2D eigenvalue weighted by Gasteiger charge is -2.33. The van der Waals surface area contributed by atoms with Crippen LogP contribution in [0, 0.1) is 0 Å². The van der Waals surface area contributed by atoms with Gasteiger partial charge in [0.25, 0.3) is 10.0 Å². The fraction of sp³-hybridized carbons (Fsp3) is 0.524. The largest absolute Gasteiger partial charge is 0.338 e. The van der Waals surface area contributed by atoms with E-state index in [1.165, 1.54) is 15.9 Å². The molecule has 4 rings (SSSR count). The van der Waals surface area contributed by atoms with Crippen molar-refractivity contribution in [2.45, 2.75) is 48.5 Å². The first kappa shape index (κ1) is 23.4. The molecule has 7 nitrogen and oxygen atoms in total. The standard InChI is InChI=1S/C21H25ClFN3O4S2/c1-2-21(23)7-9-26(13-21)18(27)12-25-8-3-4-16(20(25)28)24-32(29,30)19-11-14-10-15(22)5-6-17(14)31-19/h5-6,10-11,16,24H,2-4,7-9,12-13H2,1H3/t16-,21?/m0/s1. The zero-order valence-corrected chi connectivity index (χ0v) is 20.0. The van der Waals surface area contributed by atoms with Crippen LogP contribution >= 0.6 is 22.9 Å². The number of likely N-dealkylation sites (tertiary alicyclic amines) is 2. The molecule has 11 heteroatoms. The summed E-state index contributed by atoms with van der Waals surface area (Å²) in [4.78, 5) is 28.4. The van der Waals surface area contributed by atoms with E-state index in [-0.39, 0.29) is 23.2 Å². The van der Waals surface area contributed by atoms with Crippen LogP contribution in [0.15, 0.2) is 28.5 Å². The Morgan fingerprint density at radius 3 is 2.84 bits per heavy atom. The molecule has 1 N–H and O–H groups in total. The molecule has 1 aromatic carbocycles. The Balaban J connectivity index is 1.43. The number of hydrogen-bond donors (Lipinski definition) is 1. The van der Waals surface area contributed by atoms with Crippen LogP contribution in [0.1, 0.15) is 32.6 Å². The molecule has 2 atom stereocenters. The Morgan fingerprint density at radius 2 is 2.12 bits per heavy atom. The molecule has 174 valence electrons. The lowest BCUT2D eigenvalue weighted by atomic mass is 10.0. The molecule has 0 saturated carbocycles. The highest BCUT2D eigenvalue weighted by Gasteiger charge is 2.40. The Morgan fingerprint density at radius 1 is 1.34 bits per heavy atom. The molecule has 32 heavy (non-hydrogen) atoms. The van der Waals surface area contributed by atoms with Gasteiger partial charge in [0, 0.05) is 29.2 Å². The SMILES string of the molecule is CCC1(F)CCN(C(=O)CN2CCC[C@H](NS(=O)(=O)c3cc4cc(Cl)ccc4s3)C2=O)C1. The fourth-order valence-corrected chi connectivity index (χ4v) is 6.97. The van der Waals surface area contributed by atoms with Crippen molar-refractivity contribution in [3.63, 3.8) is 0 Å². The molecule has 0 bridgehead atoms. The van der Waals surface area contributed by atoms with Crippen LogP contribution in [0.2, 0.25) is 5.02 Å². The van der Waals surface area contributed by atoms with Gasteiger partial charge in [0.15, 0.2) is 0 Å². The second-order valence-electron chi connectivity index (χ2n) is 8.39. The number of benzene rings is 1. The maximum Gasteiger partial charge on any atom is 0.250 e. The van der Waals surface area contributed by atoms with Crippen molar-refractivity contribution in [2.75, 3.05) is 26.2 Å². The Bertz CT molecular complexity index is 1160. The number of nitrogens with zero attached hydrogens (tertiary/aromatic N) is 2. The highest BCUT2D eigenvalue weighted by atomic mass is 35.5. The minimum absolute atomic E-state index is 0.0381. The van der Waals surface area contributed by atoms with E-state index in [9.17, 15) is 22.4 Å². The predicted octanol–water partition coefficient (Wildman–Crippen LogP) is 3.17. The van der Waals surface area contributed by atoms with Crippen molar-refractivity contribution in [2.24, 2.45) is 0 Å². The van der Waals surface area contributed by atoms with Crippen molar-refractivity contribution in [1.82, 2.24) is 14.5 Å². The third-order valence-corrected chi connectivity index (χ3v) is 9.46. The van der Waals surface area contributed by atoms with Gasteiger partial charge in [-0.2, -0.15) is 4.72 Å². The molecule has 3 heterocycles. The number of amides is 2. The minimum atomic E-state index is -3.92. The zero-order valence-electron chi connectivity index (χ0n) is 17.6. The van der Waals surface area contributed by atoms with Gasteiger partial charge in [-0.1, -0.05) is 18.5 Å². The molecule has 2 aliphatic rings. The summed E-state index contributed by atoms with van der Waals surface area (Å²) in [5.74, 6) is -0.741.